The Morgan fingerprint density at radius 3 is 2.28 bits per heavy atom. The highest BCUT2D eigenvalue weighted by Crippen LogP contribution is 2.40. The molecule has 0 saturated heterocycles. The molecule has 47 heavy (non-hydrogen) atoms. The molecule has 2 N–H and O–H groups in total. The lowest BCUT2D eigenvalue weighted by Gasteiger charge is -2.21. The van der Waals surface area contributed by atoms with Crippen LogP contribution in [0.3, 0.4) is 0 Å². The van der Waals surface area contributed by atoms with Crippen molar-refractivity contribution in [3.63, 3.8) is 0 Å². The lowest BCUT2D eigenvalue weighted by Crippen LogP contribution is -2.26. The summed E-state index contributed by atoms with van der Waals surface area (Å²) in [5, 5.41) is 7.94. The summed E-state index contributed by atoms with van der Waals surface area (Å²) in [5.41, 5.74) is 7.71. The first-order valence-corrected chi connectivity index (χ1v) is 17.8. The van der Waals surface area contributed by atoms with Crippen molar-refractivity contribution in [2.45, 2.75) is 45.4 Å². The second-order valence-corrected chi connectivity index (χ2v) is 15.0. The fraction of sp³-hybridized carbons (Fsp3) is 0.263. The fourth-order valence-electron chi connectivity index (χ4n) is 5.40. The maximum Gasteiger partial charge on any atom is 0.329 e. The minimum atomic E-state index is -3.70. The highest BCUT2D eigenvalue weighted by molar-refractivity contribution is 7.52. The van der Waals surface area contributed by atoms with Crippen LogP contribution >= 0.6 is 19.2 Å². The van der Waals surface area contributed by atoms with E-state index in [1.807, 2.05) is 54.6 Å². The van der Waals surface area contributed by atoms with E-state index in [9.17, 15) is 14.3 Å². The van der Waals surface area contributed by atoms with Gasteiger partial charge in [0, 0.05) is 34.7 Å². The molecule has 1 amide bonds. The Bertz CT molecular complexity index is 1850. The van der Waals surface area contributed by atoms with Gasteiger partial charge in [-0.05, 0) is 76.9 Å². The van der Waals surface area contributed by atoms with Crippen LogP contribution in [0.25, 0.3) is 22.5 Å². The Morgan fingerprint density at radius 1 is 0.936 bits per heavy atom. The summed E-state index contributed by atoms with van der Waals surface area (Å²) in [6.07, 6.45) is 0.487. The van der Waals surface area contributed by atoms with Gasteiger partial charge in [0.1, 0.15) is 0 Å². The van der Waals surface area contributed by atoms with Gasteiger partial charge in [-0.2, -0.15) is 0 Å². The summed E-state index contributed by atoms with van der Waals surface area (Å²) >= 11 is 6.10. The van der Waals surface area contributed by atoms with E-state index in [0.717, 1.165) is 33.5 Å². The summed E-state index contributed by atoms with van der Waals surface area (Å²) in [6, 6.07) is 34.0. The van der Waals surface area contributed by atoms with Gasteiger partial charge in [0.25, 0.3) is 5.91 Å². The van der Waals surface area contributed by atoms with Crippen LogP contribution in [0.4, 0.5) is 0 Å². The minimum absolute atomic E-state index is 0.0255. The first-order valence-electron chi connectivity index (χ1n) is 15.7. The number of aromatic nitrogens is 1. The van der Waals surface area contributed by atoms with Crippen LogP contribution in [0.15, 0.2) is 108 Å². The van der Waals surface area contributed by atoms with E-state index in [4.69, 9.17) is 20.6 Å². The zero-order valence-corrected chi connectivity index (χ0v) is 28.7. The van der Waals surface area contributed by atoms with E-state index in [1.54, 1.807) is 19.1 Å². The second-order valence-electron chi connectivity index (χ2n) is 12.6. The van der Waals surface area contributed by atoms with E-state index in [-0.39, 0.29) is 36.6 Å². The zero-order chi connectivity index (χ0) is 33.6. The third kappa shape index (κ3) is 9.09. The van der Waals surface area contributed by atoms with Crippen molar-refractivity contribution >= 4 is 25.1 Å². The Hall–Kier alpha value is -4.00. The monoisotopic (exact) mass is 670 g/mol. The SMILES string of the molecule is CCOP(=O)(O)CCNC(=O)c1ccc(CC(c2ccc(C(C)(C)C)cc2)c2cc(-c3cccc(-c4ccc(Cl)cc4)c3)on2)cc1. The smallest absolute Gasteiger partial charge is 0.329 e. The molecule has 1 heterocycles. The molecule has 0 spiro atoms. The van der Waals surface area contributed by atoms with Gasteiger partial charge < -0.3 is 19.3 Å². The topological polar surface area (TPSA) is 102 Å². The van der Waals surface area contributed by atoms with E-state index >= 15 is 0 Å². The standard InChI is InChI=1S/C38H40ClN2O5P/c1-5-45-47(43,44)22-21-40-37(42)29-11-9-26(10-12-29)23-34(28-13-17-32(18-14-28)38(2,3)4)35-25-36(46-41-35)31-8-6-7-30(24-31)27-15-19-33(39)20-16-27/h6-20,24-25,34H,5,21-23H2,1-4H3,(H,40,42)(H,43,44). The van der Waals surface area contributed by atoms with Gasteiger partial charge >= 0.3 is 7.60 Å². The predicted molar refractivity (Wildman–Crippen MR) is 188 cm³/mol. The van der Waals surface area contributed by atoms with Gasteiger partial charge in [0.05, 0.1) is 18.5 Å². The van der Waals surface area contributed by atoms with Gasteiger partial charge in [-0.1, -0.05) is 104 Å². The number of nitrogens with zero attached hydrogens (tertiary/aromatic N) is 1. The van der Waals surface area contributed by atoms with Gasteiger partial charge in [-0.3, -0.25) is 9.36 Å². The van der Waals surface area contributed by atoms with Crippen molar-refractivity contribution in [2.75, 3.05) is 19.3 Å². The van der Waals surface area contributed by atoms with Crippen molar-refractivity contribution in [3.05, 3.63) is 136 Å². The molecule has 0 bridgehead atoms. The average molecular weight is 671 g/mol. The maximum atomic E-state index is 12.7. The van der Waals surface area contributed by atoms with Crippen molar-refractivity contribution in [1.29, 1.82) is 0 Å². The van der Waals surface area contributed by atoms with E-state index in [0.29, 0.717) is 22.8 Å². The minimum Gasteiger partial charge on any atom is -0.356 e. The molecule has 0 aliphatic rings. The zero-order valence-electron chi connectivity index (χ0n) is 27.1. The maximum absolute atomic E-state index is 12.7. The van der Waals surface area contributed by atoms with Crippen molar-refractivity contribution in [2.24, 2.45) is 0 Å². The van der Waals surface area contributed by atoms with E-state index in [2.05, 4.69) is 67.6 Å². The Labute approximate surface area is 281 Å². The molecule has 244 valence electrons. The normalized spacial score (nSPS) is 13.6. The quantitative estimate of drug-likeness (QED) is 0.128. The Balaban J connectivity index is 1.38. The molecule has 2 unspecified atom stereocenters. The van der Waals surface area contributed by atoms with Crippen LogP contribution in [-0.4, -0.2) is 35.3 Å². The summed E-state index contributed by atoms with van der Waals surface area (Å²) in [5.74, 6) is 0.262. The van der Waals surface area contributed by atoms with Crippen molar-refractivity contribution in [3.8, 4) is 22.5 Å². The molecule has 5 aromatic rings. The molecule has 0 aliphatic carbocycles. The molecule has 2 atom stereocenters. The van der Waals surface area contributed by atoms with Crippen LogP contribution < -0.4 is 5.32 Å². The van der Waals surface area contributed by atoms with Gasteiger partial charge in [-0.15, -0.1) is 0 Å². The number of carbonyl (C=O) groups excluding carboxylic acids is 1. The first-order chi connectivity index (χ1) is 22.4. The molecule has 9 heteroatoms. The summed E-state index contributed by atoms with van der Waals surface area (Å²) in [4.78, 5) is 22.5. The number of hydrogen-bond donors (Lipinski definition) is 2. The number of carbonyl (C=O) groups is 1. The molecular formula is C38H40ClN2O5P. The molecule has 5 rings (SSSR count). The molecule has 0 aliphatic heterocycles. The first kappa shape index (κ1) is 34.3. The molecule has 1 aromatic heterocycles. The third-order valence-electron chi connectivity index (χ3n) is 8.06. The largest absolute Gasteiger partial charge is 0.356 e. The van der Waals surface area contributed by atoms with Crippen LogP contribution in [0.5, 0.6) is 0 Å². The number of hydrogen-bond acceptors (Lipinski definition) is 5. The Morgan fingerprint density at radius 2 is 1.62 bits per heavy atom. The molecule has 0 radical (unpaired) electrons. The number of amides is 1. The summed E-state index contributed by atoms with van der Waals surface area (Å²) in [6.45, 7) is 8.41. The van der Waals surface area contributed by atoms with Crippen LogP contribution in [-0.2, 0) is 20.9 Å². The lowest BCUT2D eigenvalue weighted by atomic mass is 9.83. The van der Waals surface area contributed by atoms with Crippen molar-refractivity contribution in [1.82, 2.24) is 10.5 Å². The van der Waals surface area contributed by atoms with E-state index < -0.39 is 7.60 Å². The molecule has 0 fully saturated rings. The van der Waals surface area contributed by atoms with Crippen LogP contribution in [0, 0.1) is 0 Å². The van der Waals surface area contributed by atoms with Crippen LogP contribution in [0.1, 0.15) is 66.4 Å². The second kappa shape index (κ2) is 14.8. The highest BCUT2D eigenvalue weighted by Gasteiger charge is 2.23. The van der Waals surface area contributed by atoms with Gasteiger partial charge in [0.15, 0.2) is 5.76 Å². The number of rotatable bonds is 12. The molecule has 0 saturated carbocycles. The molecule has 7 nitrogen and oxygen atoms in total. The molecular weight excluding hydrogens is 631 g/mol. The number of halogens is 1. The highest BCUT2D eigenvalue weighted by atomic mass is 35.5. The Kier molecular flexibility index (Phi) is 10.8. The number of benzene rings is 4. The average Bonchev–Trinajstić information content (AvgIpc) is 3.54. The summed E-state index contributed by atoms with van der Waals surface area (Å²) in [7, 11) is -3.70. The third-order valence-corrected chi connectivity index (χ3v) is 9.76. The van der Waals surface area contributed by atoms with Gasteiger partial charge in [0.2, 0.25) is 0 Å². The van der Waals surface area contributed by atoms with Gasteiger partial charge in [-0.25, -0.2) is 0 Å². The lowest BCUT2D eigenvalue weighted by molar-refractivity contribution is 0.0955. The predicted octanol–water partition coefficient (Wildman–Crippen LogP) is 9.29. The van der Waals surface area contributed by atoms with E-state index in [1.165, 1.54) is 5.56 Å². The molecule has 4 aromatic carbocycles. The number of nitrogens with one attached hydrogen (secondary N) is 1. The van der Waals surface area contributed by atoms with Crippen LogP contribution in [0.2, 0.25) is 5.02 Å². The summed E-state index contributed by atoms with van der Waals surface area (Å²) < 4.78 is 22.7. The fourth-order valence-corrected chi connectivity index (χ4v) is 6.45. The van der Waals surface area contributed by atoms with Crippen molar-refractivity contribution < 1.29 is 23.3 Å².